The molecule has 1 N–H and O–H groups in total. The van der Waals surface area contributed by atoms with Crippen LogP contribution in [0.2, 0.25) is 0 Å². The molecule has 1 heterocycles. The van der Waals surface area contributed by atoms with Gasteiger partial charge in [-0.2, -0.15) is 0 Å². The van der Waals surface area contributed by atoms with Crippen molar-refractivity contribution in [1.82, 2.24) is 4.98 Å². The number of methoxy groups -OCH3 is 1. The van der Waals surface area contributed by atoms with Gasteiger partial charge >= 0.3 is 0 Å². The van der Waals surface area contributed by atoms with Crippen LogP contribution in [0.1, 0.15) is 22.9 Å². The molecule has 0 fully saturated rings. The lowest BCUT2D eigenvalue weighted by atomic mass is 10.0. The Balaban J connectivity index is 2.34. The molecule has 2 aromatic rings. The van der Waals surface area contributed by atoms with E-state index >= 15 is 0 Å². The van der Waals surface area contributed by atoms with Gasteiger partial charge in [-0.05, 0) is 42.3 Å². The van der Waals surface area contributed by atoms with Crippen molar-refractivity contribution >= 4 is 0 Å². The zero-order valence-electron chi connectivity index (χ0n) is 10.2. The number of aliphatic hydroxyl groups is 1. The highest BCUT2D eigenvalue weighted by atomic mass is 19.1. The third-order valence-electron chi connectivity index (χ3n) is 2.73. The summed E-state index contributed by atoms with van der Waals surface area (Å²) in [6.07, 6.45) is 0.750. The molecule has 0 bridgehead atoms. The van der Waals surface area contributed by atoms with Gasteiger partial charge < -0.3 is 9.84 Å². The monoisotopic (exact) mass is 247 g/mol. The second-order valence-corrected chi connectivity index (χ2v) is 4.03. The molecule has 1 aromatic carbocycles. The van der Waals surface area contributed by atoms with Gasteiger partial charge in [0.2, 0.25) is 0 Å². The molecule has 1 atom stereocenters. The van der Waals surface area contributed by atoms with Crippen molar-refractivity contribution < 1.29 is 14.2 Å². The average molecular weight is 247 g/mol. The van der Waals surface area contributed by atoms with Gasteiger partial charge in [0, 0.05) is 11.9 Å². The molecule has 1 aromatic heterocycles. The summed E-state index contributed by atoms with van der Waals surface area (Å²) in [6, 6.07) is 7.90. The number of aryl methyl sites for hydroxylation is 1. The van der Waals surface area contributed by atoms with E-state index in [4.69, 9.17) is 4.74 Å². The number of rotatable bonds is 3. The molecule has 4 heteroatoms. The van der Waals surface area contributed by atoms with Gasteiger partial charge in [0.05, 0.1) is 7.11 Å². The maximum Gasteiger partial charge on any atom is 0.165 e. The highest BCUT2D eigenvalue weighted by molar-refractivity contribution is 5.35. The molecular weight excluding hydrogens is 233 g/mol. The lowest BCUT2D eigenvalue weighted by Crippen LogP contribution is -2.01. The number of aliphatic hydroxyl groups excluding tert-OH is 1. The standard InChI is InChI=1S/C14H14FNO2/c1-9-7-11(5-6-16-9)14(17)10-3-4-13(18-2)12(15)8-10/h3-8,14,17H,1-2H3. The summed E-state index contributed by atoms with van der Waals surface area (Å²) in [5.74, 6) is -0.323. The number of nitrogens with zero attached hydrogens (tertiary/aromatic N) is 1. The van der Waals surface area contributed by atoms with Crippen LogP contribution >= 0.6 is 0 Å². The normalized spacial score (nSPS) is 12.2. The van der Waals surface area contributed by atoms with Crippen molar-refractivity contribution in [2.45, 2.75) is 13.0 Å². The minimum Gasteiger partial charge on any atom is -0.494 e. The Kier molecular flexibility index (Phi) is 3.58. The van der Waals surface area contributed by atoms with Crippen LogP contribution in [0.3, 0.4) is 0 Å². The van der Waals surface area contributed by atoms with E-state index in [-0.39, 0.29) is 5.75 Å². The quantitative estimate of drug-likeness (QED) is 0.906. The number of aromatic nitrogens is 1. The fourth-order valence-corrected chi connectivity index (χ4v) is 1.78. The van der Waals surface area contributed by atoms with Crippen LogP contribution in [-0.4, -0.2) is 17.2 Å². The number of benzene rings is 1. The van der Waals surface area contributed by atoms with Crippen molar-refractivity contribution in [2.75, 3.05) is 7.11 Å². The Bertz CT molecular complexity index is 557. The van der Waals surface area contributed by atoms with Crippen LogP contribution in [0.5, 0.6) is 5.75 Å². The summed E-state index contributed by atoms with van der Waals surface area (Å²) in [6.45, 7) is 1.84. The lowest BCUT2D eigenvalue weighted by Gasteiger charge is -2.13. The minimum atomic E-state index is -0.868. The fourth-order valence-electron chi connectivity index (χ4n) is 1.78. The Morgan fingerprint density at radius 2 is 1.94 bits per heavy atom. The van der Waals surface area contributed by atoms with Gasteiger partial charge in [-0.25, -0.2) is 4.39 Å². The molecule has 0 amide bonds. The smallest absolute Gasteiger partial charge is 0.165 e. The number of pyridine rings is 1. The third-order valence-corrected chi connectivity index (χ3v) is 2.73. The lowest BCUT2D eigenvalue weighted by molar-refractivity contribution is 0.219. The molecule has 18 heavy (non-hydrogen) atoms. The second kappa shape index (κ2) is 5.14. The number of halogens is 1. The van der Waals surface area contributed by atoms with Crippen molar-refractivity contribution in [3.8, 4) is 5.75 Å². The molecule has 2 rings (SSSR count). The van der Waals surface area contributed by atoms with Crippen LogP contribution in [0, 0.1) is 12.7 Å². The van der Waals surface area contributed by atoms with E-state index in [0.29, 0.717) is 11.1 Å². The van der Waals surface area contributed by atoms with E-state index in [2.05, 4.69) is 4.98 Å². The van der Waals surface area contributed by atoms with Gasteiger partial charge in [-0.1, -0.05) is 6.07 Å². The van der Waals surface area contributed by atoms with Crippen LogP contribution in [0.4, 0.5) is 4.39 Å². The molecule has 94 valence electrons. The molecule has 1 unspecified atom stereocenters. The first-order valence-corrected chi connectivity index (χ1v) is 5.56. The zero-order valence-corrected chi connectivity index (χ0v) is 10.2. The molecule has 0 radical (unpaired) electrons. The largest absolute Gasteiger partial charge is 0.494 e. The van der Waals surface area contributed by atoms with Gasteiger partial charge in [-0.15, -0.1) is 0 Å². The van der Waals surface area contributed by atoms with Crippen LogP contribution < -0.4 is 4.74 Å². The highest BCUT2D eigenvalue weighted by Crippen LogP contribution is 2.26. The maximum absolute atomic E-state index is 13.6. The van der Waals surface area contributed by atoms with E-state index in [9.17, 15) is 9.50 Å². The van der Waals surface area contributed by atoms with Crippen molar-refractivity contribution in [3.63, 3.8) is 0 Å². The maximum atomic E-state index is 13.6. The van der Waals surface area contributed by atoms with E-state index < -0.39 is 11.9 Å². The van der Waals surface area contributed by atoms with E-state index in [1.807, 2.05) is 6.92 Å². The summed E-state index contributed by atoms with van der Waals surface area (Å²) in [4.78, 5) is 4.06. The van der Waals surface area contributed by atoms with Gasteiger partial charge in [0.25, 0.3) is 0 Å². The summed E-state index contributed by atoms with van der Waals surface area (Å²) in [5.41, 5.74) is 1.98. The predicted molar refractivity (Wildman–Crippen MR) is 66.0 cm³/mol. The van der Waals surface area contributed by atoms with Crippen molar-refractivity contribution in [3.05, 3.63) is 59.2 Å². The fraction of sp³-hybridized carbons (Fsp3) is 0.214. The molecule has 3 nitrogen and oxygen atoms in total. The second-order valence-electron chi connectivity index (χ2n) is 4.03. The van der Waals surface area contributed by atoms with Gasteiger partial charge in [0.15, 0.2) is 11.6 Å². The molecule has 0 saturated carbocycles. The Hall–Kier alpha value is -1.94. The Morgan fingerprint density at radius 3 is 2.56 bits per heavy atom. The molecule has 0 spiro atoms. The van der Waals surface area contributed by atoms with Gasteiger partial charge in [0.1, 0.15) is 6.10 Å². The van der Waals surface area contributed by atoms with Crippen LogP contribution in [0.25, 0.3) is 0 Å². The summed E-state index contributed by atoms with van der Waals surface area (Å²) in [7, 11) is 1.40. The topological polar surface area (TPSA) is 42.4 Å². The first-order valence-electron chi connectivity index (χ1n) is 5.56. The van der Waals surface area contributed by atoms with Crippen molar-refractivity contribution in [2.24, 2.45) is 0 Å². The first-order chi connectivity index (χ1) is 8.61. The predicted octanol–water partition coefficient (Wildman–Crippen LogP) is 2.62. The highest BCUT2D eigenvalue weighted by Gasteiger charge is 2.13. The number of hydrogen-bond acceptors (Lipinski definition) is 3. The summed E-state index contributed by atoms with van der Waals surface area (Å²) in [5, 5.41) is 10.2. The first kappa shape index (κ1) is 12.5. The molecule has 0 aliphatic rings. The third kappa shape index (κ3) is 2.49. The minimum absolute atomic E-state index is 0.164. The molecule has 0 aliphatic carbocycles. The number of ether oxygens (including phenoxy) is 1. The Morgan fingerprint density at radius 1 is 1.22 bits per heavy atom. The van der Waals surface area contributed by atoms with E-state index in [1.54, 1.807) is 24.4 Å². The Labute approximate surface area is 105 Å². The van der Waals surface area contributed by atoms with E-state index in [0.717, 1.165) is 5.69 Å². The number of hydrogen-bond donors (Lipinski definition) is 1. The van der Waals surface area contributed by atoms with Crippen molar-refractivity contribution in [1.29, 1.82) is 0 Å². The average Bonchev–Trinajstić information content (AvgIpc) is 2.37. The molecule has 0 saturated heterocycles. The molecule has 0 aliphatic heterocycles. The van der Waals surface area contributed by atoms with Crippen LogP contribution in [-0.2, 0) is 0 Å². The molecular formula is C14H14FNO2. The summed E-state index contributed by atoms with van der Waals surface area (Å²) >= 11 is 0. The van der Waals surface area contributed by atoms with Crippen LogP contribution in [0.15, 0.2) is 36.5 Å². The SMILES string of the molecule is COc1ccc(C(O)c2ccnc(C)c2)cc1F. The van der Waals surface area contributed by atoms with E-state index in [1.165, 1.54) is 19.2 Å². The summed E-state index contributed by atoms with van der Waals surface area (Å²) < 4.78 is 18.4. The van der Waals surface area contributed by atoms with Gasteiger partial charge in [-0.3, -0.25) is 4.98 Å². The zero-order chi connectivity index (χ0) is 13.1.